The maximum absolute atomic E-state index is 12.4. The van der Waals surface area contributed by atoms with Crippen molar-refractivity contribution in [2.75, 3.05) is 0 Å². The molecular formula is C8H5BrF3NO2. The van der Waals surface area contributed by atoms with Crippen LogP contribution in [0.15, 0.2) is 16.6 Å². The Balaban J connectivity index is 3.43. The van der Waals surface area contributed by atoms with Crippen LogP contribution >= 0.6 is 15.9 Å². The van der Waals surface area contributed by atoms with Gasteiger partial charge in [-0.3, -0.25) is 10.1 Å². The monoisotopic (exact) mass is 283 g/mol. The number of nitrogens with zero attached hydrogens (tertiary/aromatic N) is 1. The molecule has 1 rings (SSSR count). The lowest BCUT2D eigenvalue weighted by Gasteiger charge is -2.10. The largest absolute Gasteiger partial charge is 0.416 e. The van der Waals surface area contributed by atoms with Gasteiger partial charge in [0.05, 0.1) is 15.0 Å². The molecule has 0 heterocycles. The van der Waals surface area contributed by atoms with E-state index in [2.05, 4.69) is 15.9 Å². The van der Waals surface area contributed by atoms with Gasteiger partial charge >= 0.3 is 6.18 Å². The van der Waals surface area contributed by atoms with Crippen LogP contribution in [0.3, 0.4) is 0 Å². The second kappa shape index (κ2) is 3.80. The lowest BCUT2D eigenvalue weighted by Crippen LogP contribution is -2.08. The van der Waals surface area contributed by atoms with E-state index in [0.717, 1.165) is 6.07 Å². The number of hydrogen-bond acceptors (Lipinski definition) is 2. The molecule has 0 aliphatic heterocycles. The van der Waals surface area contributed by atoms with Crippen LogP contribution in [-0.2, 0) is 6.18 Å². The molecule has 0 bridgehead atoms. The van der Waals surface area contributed by atoms with Gasteiger partial charge in [-0.05, 0) is 34.5 Å². The van der Waals surface area contributed by atoms with Crippen LogP contribution in [0.4, 0.5) is 18.9 Å². The fraction of sp³-hybridized carbons (Fsp3) is 0.250. The van der Waals surface area contributed by atoms with Gasteiger partial charge in [0.15, 0.2) is 0 Å². The Morgan fingerprint density at radius 2 is 1.93 bits per heavy atom. The van der Waals surface area contributed by atoms with Crippen molar-refractivity contribution in [3.8, 4) is 0 Å². The normalized spacial score (nSPS) is 11.5. The smallest absolute Gasteiger partial charge is 0.258 e. The average Bonchev–Trinajstić information content (AvgIpc) is 2.00. The van der Waals surface area contributed by atoms with Gasteiger partial charge in [0, 0.05) is 6.07 Å². The third-order valence-electron chi connectivity index (χ3n) is 1.80. The molecule has 1 aromatic rings. The van der Waals surface area contributed by atoms with Crippen molar-refractivity contribution in [3.63, 3.8) is 0 Å². The molecule has 0 atom stereocenters. The van der Waals surface area contributed by atoms with E-state index >= 15 is 0 Å². The molecule has 1 aromatic carbocycles. The lowest BCUT2D eigenvalue weighted by atomic mass is 10.1. The molecule has 0 amide bonds. The number of aryl methyl sites for hydroxylation is 1. The number of halogens is 4. The second-order valence-electron chi connectivity index (χ2n) is 2.87. The minimum atomic E-state index is -4.57. The zero-order valence-electron chi connectivity index (χ0n) is 7.43. The topological polar surface area (TPSA) is 43.1 Å². The maximum Gasteiger partial charge on any atom is 0.416 e. The molecule has 0 aliphatic carbocycles. The minimum Gasteiger partial charge on any atom is -0.258 e. The number of alkyl halides is 3. The maximum atomic E-state index is 12.4. The first-order valence-electron chi connectivity index (χ1n) is 3.75. The molecule has 0 aromatic heterocycles. The molecule has 15 heavy (non-hydrogen) atoms. The van der Waals surface area contributed by atoms with Gasteiger partial charge in [-0.25, -0.2) is 0 Å². The third kappa shape index (κ3) is 2.47. The van der Waals surface area contributed by atoms with Crippen LogP contribution in [-0.4, -0.2) is 4.92 Å². The third-order valence-corrected chi connectivity index (χ3v) is 2.43. The summed E-state index contributed by atoms with van der Waals surface area (Å²) in [6, 6.07) is 1.61. The molecular weight excluding hydrogens is 279 g/mol. The van der Waals surface area contributed by atoms with Crippen molar-refractivity contribution in [1.82, 2.24) is 0 Å². The zero-order chi connectivity index (χ0) is 11.8. The van der Waals surface area contributed by atoms with Gasteiger partial charge in [0.1, 0.15) is 0 Å². The van der Waals surface area contributed by atoms with Crippen molar-refractivity contribution in [2.24, 2.45) is 0 Å². The van der Waals surface area contributed by atoms with E-state index in [1.165, 1.54) is 6.92 Å². The van der Waals surface area contributed by atoms with Crippen molar-refractivity contribution in [1.29, 1.82) is 0 Å². The van der Waals surface area contributed by atoms with Gasteiger partial charge in [-0.2, -0.15) is 13.2 Å². The molecule has 0 radical (unpaired) electrons. The SMILES string of the molecule is Cc1cc(Br)c([N+](=O)[O-])cc1C(F)(F)F. The molecule has 0 unspecified atom stereocenters. The average molecular weight is 284 g/mol. The van der Waals surface area contributed by atoms with E-state index in [1.54, 1.807) is 0 Å². The zero-order valence-corrected chi connectivity index (χ0v) is 9.02. The van der Waals surface area contributed by atoms with Crippen molar-refractivity contribution in [3.05, 3.63) is 37.8 Å². The Bertz CT molecular complexity index is 417. The van der Waals surface area contributed by atoms with Crippen molar-refractivity contribution < 1.29 is 18.1 Å². The highest BCUT2D eigenvalue weighted by Gasteiger charge is 2.34. The highest BCUT2D eigenvalue weighted by atomic mass is 79.9. The summed E-state index contributed by atoms with van der Waals surface area (Å²) in [7, 11) is 0. The summed E-state index contributed by atoms with van der Waals surface area (Å²) >= 11 is 2.84. The Morgan fingerprint density at radius 3 is 2.33 bits per heavy atom. The van der Waals surface area contributed by atoms with E-state index in [0.29, 0.717) is 6.07 Å². The fourth-order valence-electron chi connectivity index (χ4n) is 1.11. The number of rotatable bonds is 1. The summed E-state index contributed by atoms with van der Waals surface area (Å²) in [5, 5.41) is 10.4. The van der Waals surface area contributed by atoms with Gasteiger partial charge < -0.3 is 0 Å². The van der Waals surface area contributed by atoms with E-state index in [4.69, 9.17) is 0 Å². The molecule has 0 fully saturated rings. The number of nitro groups is 1. The summed E-state index contributed by atoms with van der Waals surface area (Å²) in [4.78, 5) is 9.56. The number of hydrogen-bond donors (Lipinski definition) is 0. The summed E-state index contributed by atoms with van der Waals surface area (Å²) in [6.07, 6.45) is -4.57. The molecule has 7 heteroatoms. The molecule has 82 valence electrons. The minimum absolute atomic E-state index is 0.0398. The van der Waals surface area contributed by atoms with E-state index in [9.17, 15) is 23.3 Å². The van der Waals surface area contributed by atoms with Crippen LogP contribution in [0.5, 0.6) is 0 Å². The van der Waals surface area contributed by atoms with E-state index in [1.807, 2.05) is 0 Å². The fourth-order valence-corrected chi connectivity index (χ4v) is 1.71. The van der Waals surface area contributed by atoms with Crippen LogP contribution in [0.2, 0.25) is 0 Å². The quantitative estimate of drug-likeness (QED) is 0.583. The first-order chi connectivity index (χ1) is 6.73. The standard InChI is InChI=1S/C8H5BrF3NO2/c1-4-2-6(9)7(13(14)15)3-5(4)8(10,11)12/h2-3H,1H3. The van der Waals surface area contributed by atoms with Crippen LogP contribution in [0.25, 0.3) is 0 Å². The molecule has 0 N–H and O–H groups in total. The van der Waals surface area contributed by atoms with Gasteiger partial charge in [0.2, 0.25) is 0 Å². The molecule has 0 aliphatic rings. The first-order valence-corrected chi connectivity index (χ1v) is 4.54. The Labute approximate surface area is 91.2 Å². The van der Waals surface area contributed by atoms with Crippen molar-refractivity contribution >= 4 is 21.6 Å². The molecule has 0 saturated carbocycles. The van der Waals surface area contributed by atoms with Crippen LogP contribution in [0.1, 0.15) is 11.1 Å². The summed E-state index contributed by atoms with van der Waals surface area (Å²) in [5.74, 6) is 0. The van der Waals surface area contributed by atoms with Crippen LogP contribution in [0, 0.1) is 17.0 Å². The second-order valence-corrected chi connectivity index (χ2v) is 3.73. The number of benzene rings is 1. The van der Waals surface area contributed by atoms with Crippen LogP contribution < -0.4 is 0 Å². The Morgan fingerprint density at radius 1 is 1.40 bits per heavy atom. The highest BCUT2D eigenvalue weighted by molar-refractivity contribution is 9.10. The predicted octanol–water partition coefficient (Wildman–Crippen LogP) is 3.68. The number of nitro benzene ring substituents is 1. The van der Waals surface area contributed by atoms with Gasteiger partial charge in [-0.1, -0.05) is 0 Å². The summed E-state index contributed by atoms with van der Waals surface area (Å²) < 4.78 is 37.2. The Kier molecular flexibility index (Phi) is 3.03. The predicted molar refractivity (Wildman–Crippen MR) is 50.5 cm³/mol. The van der Waals surface area contributed by atoms with Gasteiger partial charge in [0.25, 0.3) is 5.69 Å². The first kappa shape index (κ1) is 12.0. The van der Waals surface area contributed by atoms with E-state index < -0.39 is 22.4 Å². The van der Waals surface area contributed by atoms with E-state index in [-0.39, 0.29) is 10.0 Å². The lowest BCUT2D eigenvalue weighted by molar-refractivity contribution is -0.385. The summed E-state index contributed by atoms with van der Waals surface area (Å²) in [5.41, 5.74) is -1.63. The van der Waals surface area contributed by atoms with Crippen molar-refractivity contribution in [2.45, 2.75) is 13.1 Å². The molecule has 3 nitrogen and oxygen atoms in total. The highest BCUT2D eigenvalue weighted by Crippen LogP contribution is 2.37. The molecule has 0 saturated heterocycles. The Hall–Kier alpha value is -1.11. The molecule has 0 spiro atoms. The van der Waals surface area contributed by atoms with Gasteiger partial charge in [-0.15, -0.1) is 0 Å². The summed E-state index contributed by atoms with van der Waals surface area (Å²) in [6.45, 7) is 1.25.